The highest BCUT2D eigenvalue weighted by molar-refractivity contribution is 5.67. The molecule has 0 unspecified atom stereocenters. The molecule has 0 spiro atoms. The molecule has 0 N–H and O–H groups in total. The monoisotopic (exact) mass is 302 g/mol. The molecule has 1 aliphatic heterocycles. The van der Waals surface area contributed by atoms with Crippen LogP contribution in [0.2, 0.25) is 0 Å². The molecule has 0 saturated carbocycles. The van der Waals surface area contributed by atoms with Gasteiger partial charge in [0.25, 0.3) is 0 Å². The highest BCUT2D eigenvalue weighted by Crippen LogP contribution is 2.28. The first kappa shape index (κ1) is 15.0. The lowest BCUT2D eigenvalue weighted by molar-refractivity contribution is 0.313. The number of piperazine rings is 1. The molecule has 4 heteroatoms. The Kier molecular flexibility index (Phi) is 4.12. The molecule has 0 aromatic heterocycles. The standard InChI is InChI=1S/C18H20F2N2/c1-13-3-8-16(18(20)17(13)19)14-4-6-15(7-5-14)22-11-9-21(2)10-12-22/h3-8H,9-12H2,1-2H3. The van der Waals surface area contributed by atoms with Gasteiger partial charge in [-0.1, -0.05) is 24.3 Å². The minimum Gasteiger partial charge on any atom is -0.369 e. The summed E-state index contributed by atoms with van der Waals surface area (Å²) in [5, 5.41) is 0. The lowest BCUT2D eigenvalue weighted by Crippen LogP contribution is -2.44. The first-order chi connectivity index (χ1) is 10.6. The van der Waals surface area contributed by atoms with E-state index in [4.69, 9.17) is 0 Å². The van der Waals surface area contributed by atoms with Crippen LogP contribution in [0.15, 0.2) is 36.4 Å². The normalized spacial score (nSPS) is 16.1. The summed E-state index contributed by atoms with van der Waals surface area (Å²) in [5.41, 5.74) is 2.47. The number of hydrogen-bond donors (Lipinski definition) is 0. The van der Waals surface area contributed by atoms with E-state index in [1.807, 2.05) is 24.3 Å². The molecular weight excluding hydrogens is 282 g/mol. The molecule has 1 saturated heterocycles. The Bertz CT molecular complexity index is 660. The molecule has 2 aromatic rings. The summed E-state index contributed by atoms with van der Waals surface area (Å²) in [4.78, 5) is 4.62. The second-order valence-corrected chi connectivity index (χ2v) is 5.90. The smallest absolute Gasteiger partial charge is 0.166 e. The summed E-state index contributed by atoms with van der Waals surface area (Å²) in [6.07, 6.45) is 0. The van der Waals surface area contributed by atoms with Gasteiger partial charge in [0.05, 0.1) is 0 Å². The van der Waals surface area contributed by atoms with Gasteiger partial charge in [-0.2, -0.15) is 0 Å². The topological polar surface area (TPSA) is 6.48 Å². The maximum Gasteiger partial charge on any atom is 0.166 e. The average Bonchev–Trinajstić information content (AvgIpc) is 2.54. The molecule has 2 nitrogen and oxygen atoms in total. The summed E-state index contributed by atoms with van der Waals surface area (Å²) in [6.45, 7) is 5.63. The molecule has 0 aliphatic carbocycles. The number of rotatable bonds is 2. The van der Waals surface area contributed by atoms with Crippen molar-refractivity contribution in [1.82, 2.24) is 4.90 Å². The van der Waals surface area contributed by atoms with Crippen molar-refractivity contribution in [2.75, 3.05) is 38.1 Å². The van der Waals surface area contributed by atoms with Crippen LogP contribution in [-0.4, -0.2) is 38.1 Å². The molecule has 0 amide bonds. The van der Waals surface area contributed by atoms with E-state index in [0.717, 1.165) is 31.9 Å². The lowest BCUT2D eigenvalue weighted by Gasteiger charge is -2.34. The first-order valence-electron chi connectivity index (χ1n) is 7.55. The number of halogens is 2. The summed E-state index contributed by atoms with van der Waals surface area (Å²) < 4.78 is 27.8. The molecule has 0 radical (unpaired) electrons. The van der Waals surface area contributed by atoms with Crippen molar-refractivity contribution < 1.29 is 8.78 Å². The Hall–Kier alpha value is -1.94. The average molecular weight is 302 g/mol. The largest absolute Gasteiger partial charge is 0.369 e. The number of benzene rings is 2. The fourth-order valence-electron chi connectivity index (χ4n) is 2.79. The molecule has 116 valence electrons. The van der Waals surface area contributed by atoms with Crippen molar-refractivity contribution in [2.24, 2.45) is 0 Å². The van der Waals surface area contributed by atoms with E-state index < -0.39 is 11.6 Å². The zero-order valence-electron chi connectivity index (χ0n) is 12.9. The third kappa shape index (κ3) is 2.83. The van der Waals surface area contributed by atoms with Crippen LogP contribution < -0.4 is 4.90 Å². The van der Waals surface area contributed by atoms with Crippen LogP contribution in [0.4, 0.5) is 14.5 Å². The summed E-state index contributed by atoms with van der Waals surface area (Å²) in [5.74, 6) is -1.53. The molecule has 1 heterocycles. The predicted octanol–water partition coefficient (Wildman–Crippen LogP) is 3.69. The van der Waals surface area contributed by atoms with Gasteiger partial charge in [0.1, 0.15) is 0 Å². The van der Waals surface area contributed by atoms with Crippen molar-refractivity contribution in [1.29, 1.82) is 0 Å². The van der Waals surface area contributed by atoms with Crippen molar-refractivity contribution in [3.8, 4) is 11.1 Å². The molecule has 22 heavy (non-hydrogen) atoms. The van der Waals surface area contributed by atoms with Gasteiger partial charge < -0.3 is 9.80 Å². The van der Waals surface area contributed by atoms with Gasteiger partial charge in [0.15, 0.2) is 11.6 Å². The quantitative estimate of drug-likeness (QED) is 0.835. The highest BCUT2D eigenvalue weighted by atomic mass is 19.2. The first-order valence-corrected chi connectivity index (χ1v) is 7.55. The Morgan fingerprint density at radius 1 is 0.818 bits per heavy atom. The van der Waals surface area contributed by atoms with E-state index in [-0.39, 0.29) is 0 Å². The minimum absolute atomic E-state index is 0.313. The van der Waals surface area contributed by atoms with Crippen LogP contribution in [0, 0.1) is 18.6 Å². The minimum atomic E-state index is -0.771. The van der Waals surface area contributed by atoms with Crippen LogP contribution in [0.25, 0.3) is 11.1 Å². The van der Waals surface area contributed by atoms with Crippen LogP contribution in [-0.2, 0) is 0 Å². The lowest BCUT2D eigenvalue weighted by atomic mass is 10.0. The van der Waals surface area contributed by atoms with E-state index in [1.54, 1.807) is 19.1 Å². The predicted molar refractivity (Wildman–Crippen MR) is 86.2 cm³/mol. The maximum absolute atomic E-state index is 14.1. The molecular formula is C18H20F2N2. The van der Waals surface area contributed by atoms with Crippen molar-refractivity contribution >= 4 is 5.69 Å². The maximum atomic E-state index is 14.1. The number of anilines is 1. The van der Waals surface area contributed by atoms with Gasteiger partial charge >= 0.3 is 0 Å². The Morgan fingerprint density at radius 3 is 2.09 bits per heavy atom. The van der Waals surface area contributed by atoms with E-state index in [0.29, 0.717) is 16.7 Å². The highest BCUT2D eigenvalue weighted by Gasteiger charge is 2.15. The summed E-state index contributed by atoms with van der Waals surface area (Å²) in [7, 11) is 2.12. The second kappa shape index (κ2) is 6.05. The zero-order valence-corrected chi connectivity index (χ0v) is 12.9. The zero-order chi connectivity index (χ0) is 15.7. The van der Waals surface area contributed by atoms with E-state index in [1.165, 1.54) is 0 Å². The van der Waals surface area contributed by atoms with Crippen LogP contribution in [0.1, 0.15) is 5.56 Å². The summed E-state index contributed by atoms with van der Waals surface area (Å²) in [6, 6.07) is 10.9. The van der Waals surface area contributed by atoms with Gasteiger partial charge in [0.2, 0.25) is 0 Å². The Morgan fingerprint density at radius 2 is 1.45 bits per heavy atom. The second-order valence-electron chi connectivity index (χ2n) is 5.90. The number of nitrogens with zero attached hydrogens (tertiary/aromatic N) is 2. The molecule has 2 aromatic carbocycles. The van der Waals surface area contributed by atoms with E-state index in [2.05, 4.69) is 16.8 Å². The number of likely N-dealkylation sites (N-methyl/N-ethyl adjacent to an activating group) is 1. The molecule has 0 bridgehead atoms. The molecule has 0 atom stereocenters. The van der Waals surface area contributed by atoms with Crippen LogP contribution in [0.5, 0.6) is 0 Å². The number of hydrogen-bond acceptors (Lipinski definition) is 2. The van der Waals surface area contributed by atoms with Crippen molar-refractivity contribution in [3.63, 3.8) is 0 Å². The van der Waals surface area contributed by atoms with Gasteiger partial charge in [-0.05, 0) is 37.2 Å². The fraction of sp³-hybridized carbons (Fsp3) is 0.333. The van der Waals surface area contributed by atoms with Crippen LogP contribution in [0.3, 0.4) is 0 Å². The van der Waals surface area contributed by atoms with Gasteiger partial charge in [0, 0.05) is 37.4 Å². The Labute approximate surface area is 130 Å². The third-order valence-electron chi connectivity index (χ3n) is 4.32. The molecule has 3 rings (SSSR count). The van der Waals surface area contributed by atoms with Crippen molar-refractivity contribution in [3.05, 3.63) is 53.6 Å². The molecule has 1 aliphatic rings. The van der Waals surface area contributed by atoms with Gasteiger partial charge in [-0.15, -0.1) is 0 Å². The van der Waals surface area contributed by atoms with E-state index in [9.17, 15) is 8.78 Å². The number of aryl methyl sites for hydroxylation is 1. The fourth-order valence-corrected chi connectivity index (χ4v) is 2.79. The molecule has 1 fully saturated rings. The van der Waals surface area contributed by atoms with Gasteiger partial charge in [-0.25, -0.2) is 8.78 Å². The van der Waals surface area contributed by atoms with Crippen LogP contribution >= 0.6 is 0 Å². The van der Waals surface area contributed by atoms with Gasteiger partial charge in [-0.3, -0.25) is 0 Å². The summed E-state index contributed by atoms with van der Waals surface area (Å²) >= 11 is 0. The van der Waals surface area contributed by atoms with E-state index >= 15 is 0 Å². The third-order valence-corrected chi connectivity index (χ3v) is 4.32. The SMILES string of the molecule is Cc1ccc(-c2ccc(N3CCN(C)CC3)cc2)c(F)c1F. The van der Waals surface area contributed by atoms with Crippen molar-refractivity contribution in [2.45, 2.75) is 6.92 Å². The Balaban J connectivity index is 1.84.